The third-order valence-corrected chi connectivity index (χ3v) is 4.70. The molecule has 2 amide bonds. The zero-order chi connectivity index (χ0) is 23.3. The Morgan fingerprint density at radius 1 is 1.00 bits per heavy atom. The Hall–Kier alpha value is -3.26. The first-order valence-corrected chi connectivity index (χ1v) is 10.9. The minimum absolute atomic E-state index is 0.143. The summed E-state index contributed by atoms with van der Waals surface area (Å²) >= 11 is 0. The van der Waals surface area contributed by atoms with E-state index < -0.39 is 0 Å². The van der Waals surface area contributed by atoms with Crippen molar-refractivity contribution < 1.29 is 19.1 Å². The van der Waals surface area contributed by atoms with Gasteiger partial charge >= 0.3 is 6.09 Å². The van der Waals surface area contributed by atoms with Crippen molar-refractivity contribution in [2.75, 3.05) is 32.0 Å². The predicted molar refractivity (Wildman–Crippen MR) is 125 cm³/mol. The smallest absolute Gasteiger partial charge is 0.410 e. The summed E-state index contributed by atoms with van der Waals surface area (Å²) in [6.07, 6.45) is 0.885. The van der Waals surface area contributed by atoms with E-state index in [0.717, 1.165) is 24.2 Å². The Morgan fingerprint density at radius 3 is 2.31 bits per heavy atom. The molecule has 2 rings (SSSR count). The van der Waals surface area contributed by atoms with Crippen molar-refractivity contribution in [3.05, 3.63) is 59.7 Å². The third kappa shape index (κ3) is 8.85. The molecule has 2 aromatic rings. The Bertz CT molecular complexity index is 838. The number of anilines is 1. The van der Waals surface area contributed by atoms with Crippen molar-refractivity contribution >= 4 is 17.7 Å². The number of nitrogen functional groups attached to an aromatic ring is 1. The standard InChI is InChI=1S/C24H34N4O4/c1-18(2)32-24(30)28(15-16-31-22-11-5-19(17-25)6-12-22)14-4-3-13-27-23(29)20-7-9-21(26)10-8-20/h5-12,18H,3-4,13-17,25-26H2,1-2H3,(H,27,29). The summed E-state index contributed by atoms with van der Waals surface area (Å²) in [4.78, 5) is 26.2. The highest BCUT2D eigenvalue weighted by molar-refractivity contribution is 5.94. The molecule has 0 unspecified atom stereocenters. The predicted octanol–water partition coefficient (Wildman–Crippen LogP) is 3.16. The number of hydrogen-bond acceptors (Lipinski definition) is 6. The molecule has 0 atom stereocenters. The molecule has 0 saturated heterocycles. The first-order valence-electron chi connectivity index (χ1n) is 10.9. The van der Waals surface area contributed by atoms with Crippen LogP contribution >= 0.6 is 0 Å². The quantitative estimate of drug-likeness (QED) is 0.343. The average molecular weight is 443 g/mol. The Kier molecular flexibility index (Phi) is 10.3. The molecule has 0 bridgehead atoms. The van der Waals surface area contributed by atoms with Gasteiger partial charge in [-0.2, -0.15) is 0 Å². The minimum atomic E-state index is -0.368. The van der Waals surface area contributed by atoms with Crippen LogP contribution in [0.25, 0.3) is 0 Å². The normalized spacial score (nSPS) is 10.6. The van der Waals surface area contributed by atoms with E-state index in [2.05, 4.69) is 5.32 Å². The maximum absolute atomic E-state index is 12.4. The highest BCUT2D eigenvalue weighted by Crippen LogP contribution is 2.12. The number of nitrogens with zero attached hydrogens (tertiary/aromatic N) is 1. The Labute approximate surface area is 189 Å². The largest absolute Gasteiger partial charge is 0.492 e. The monoisotopic (exact) mass is 442 g/mol. The van der Waals surface area contributed by atoms with Crippen LogP contribution in [0.1, 0.15) is 42.6 Å². The van der Waals surface area contributed by atoms with E-state index in [1.165, 1.54) is 0 Å². The molecule has 0 fully saturated rings. The van der Waals surface area contributed by atoms with Gasteiger partial charge in [-0.25, -0.2) is 4.79 Å². The fraction of sp³-hybridized carbons (Fsp3) is 0.417. The van der Waals surface area contributed by atoms with E-state index >= 15 is 0 Å². The zero-order valence-electron chi connectivity index (χ0n) is 18.9. The molecule has 8 heteroatoms. The van der Waals surface area contributed by atoms with E-state index in [0.29, 0.717) is 44.0 Å². The molecule has 5 N–H and O–H groups in total. The number of carbonyl (C=O) groups is 2. The van der Waals surface area contributed by atoms with Gasteiger partial charge in [0.25, 0.3) is 5.91 Å². The van der Waals surface area contributed by atoms with Gasteiger partial charge in [0.05, 0.1) is 12.6 Å². The van der Waals surface area contributed by atoms with Gasteiger partial charge in [0.2, 0.25) is 0 Å². The van der Waals surface area contributed by atoms with Gasteiger partial charge in [0.1, 0.15) is 12.4 Å². The molecule has 0 aromatic heterocycles. The van der Waals surface area contributed by atoms with Crippen LogP contribution in [0.5, 0.6) is 5.75 Å². The summed E-state index contributed by atoms with van der Waals surface area (Å²) in [6, 6.07) is 14.3. The molecule has 174 valence electrons. The number of carbonyl (C=O) groups excluding carboxylic acids is 2. The number of rotatable bonds is 12. The van der Waals surface area contributed by atoms with Gasteiger partial charge in [-0.1, -0.05) is 12.1 Å². The molecule has 2 aromatic carbocycles. The van der Waals surface area contributed by atoms with Crippen molar-refractivity contribution in [3.63, 3.8) is 0 Å². The van der Waals surface area contributed by atoms with E-state index in [9.17, 15) is 9.59 Å². The van der Waals surface area contributed by atoms with Crippen LogP contribution in [0.2, 0.25) is 0 Å². The summed E-state index contributed by atoms with van der Waals surface area (Å²) in [6.45, 7) is 5.90. The van der Waals surface area contributed by atoms with Gasteiger partial charge in [0.15, 0.2) is 0 Å². The average Bonchev–Trinajstić information content (AvgIpc) is 2.78. The van der Waals surface area contributed by atoms with Crippen LogP contribution in [-0.4, -0.2) is 49.2 Å². The molecule has 32 heavy (non-hydrogen) atoms. The zero-order valence-corrected chi connectivity index (χ0v) is 18.9. The van der Waals surface area contributed by atoms with Gasteiger partial charge < -0.3 is 31.2 Å². The third-order valence-electron chi connectivity index (χ3n) is 4.70. The highest BCUT2D eigenvalue weighted by atomic mass is 16.6. The molecule has 0 heterocycles. The second-order valence-corrected chi connectivity index (χ2v) is 7.70. The summed E-state index contributed by atoms with van der Waals surface area (Å²) < 4.78 is 11.1. The SMILES string of the molecule is CC(C)OC(=O)N(CCCCNC(=O)c1ccc(N)cc1)CCOc1ccc(CN)cc1. The first-order chi connectivity index (χ1) is 15.4. The van der Waals surface area contributed by atoms with E-state index in [4.69, 9.17) is 20.9 Å². The molecule has 0 saturated carbocycles. The van der Waals surface area contributed by atoms with Crippen LogP contribution < -0.4 is 21.5 Å². The van der Waals surface area contributed by atoms with Gasteiger partial charge in [-0.15, -0.1) is 0 Å². The number of nitrogens with two attached hydrogens (primary N) is 2. The number of nitrogens with one attached hydrogen (secondary N) is 1. The van der Waals surface area contributed by atoms with Crippen molar-refractivity contribution in [1.29, 1.82) is 0 Å². The molecule has 0 spiro atoms. The summed E-state index contributed by atoms with van der Waals surface area (Å²) in [5.41, 5.74) is 13.5. The number of benzene rings is 2. The van der Waals surface area contributed by atoms with E-state index in [-0.39, 0.29) is 18.1 Å². The molecule has 0 aliphatic rings. The van der Waals surface area contributed by atoms with Crippen molar-refractivity contribution in [2.45, 2.75) is 39.3 Å². The Balaban J connectivity index is 1.75. The summed E-state index contributed by atoms with van der Waals surface area (Å²) in [5.74, 6) is 0.583. The number of amides is 2. The van der Waals surface area contributed by atoms with Crippen molar-refractivity contribution in [2.24, 2.45) is 5.73 Å². The van der Waals surface area contributed by atoms with Crippen LogP contribution in [0, 0.1) is 0 Å². The molecule has 0 aliphatic carbocycles. The van der Waals surface area contributed by atoms with Gasteiger partial charge in [-0.05, 0) is 68.7 Å². The van der Waals surface area contributed by atoms with Crippen molar-refractivity contribution in [3.8, 4) is 5.75 Å². The lowest BCUT2D eigenvalue weighted by Gasteiger charge is -2.23. The minimum Gasteiger partial charge on any atom is -0.492 e. The topological polar surface area (TPSA) is 120 Å². The molecule has 0 radical (unpaired) electrons. The lowest BCUT2D eigenvalue weighted by atomic mass is 10.2. The summed E-state index contributed by atoms with van der Waals surface area (Å²) in [7, 11) is 0. The maximum atomic E-state index is 12.4. The second kappa shape index (κ2) is 13.2. The Morgan fingerprint density at radius 2 is 1.69 bits per heavy atom. The fourth-order valence-corrected chi connectivity index (χ4v) is 2.93. The number of ether oxygens (including phenoxy) is 2. The molecular weight excluding hydrogens is 408 g/mol. The van der Waals surface area contributed by atoms with Gasteiger partial charge in [-0.3, -0.25) is 4.79 Å². The lowest BCUT2D eigenvalue weighted by Crippen LogP contribution is -2.37. The molecule has 0 aliphatic heterocycles. The fourth-order valence-electron chi connectivity index (χ4n) is 2.93. The second-order valence-electron chi connectivity index (χ2n) is 7.70. The van der Waals surface area contributed by atoms with Crippen molar-refractivity contribution in [1.82, 2.24) is 10.2 Å². The number of hydrogen-bond donors (Lipinski definition) is 3. The molecule has 8 nitrogen and oxygen atoms in total. The van der Waals surface area contributed by atoms with E-state index in [1.807, 2.05) is 38.1 Å². The lowest BCUT2D eigenvalue weighted by molar-refractivity contribution is 0.0714. The summed E-state index contributed by atoms with van der Waals surface area (Å²) in [5, 5.41) is 2.88. The van der Waals surface area contributed by atoms with Gasteiger partial charge in [0, 0.05) is 30.9 Å². The maximum Gasteiger partial charge on any atom is 0.410 e. The van der Waals surface area contributed by atoms with Crippen LogP contribution in [0.3, 0.4) is 0 Å². The number of unbranched alkanes of at least 4 members (excludes halogenated alkanes) is 1. The van der Waals surface area contributed by atoms with E-state index in [1.54, 1.807) is 29.2 Å². The van der Waals surface area contributed by atoms with Crippen LogP contribution in [-0.2, 0) is 11.3 Å². The highest BCUT2D eigenvalue weighted by Gasteiger charge is 2.16. The molecular formula is C24H34N4O4. The first kappa shape index (κ1) is 25.0. The van der Waals surface area contributed by atoms with Crippen LogP contribution in [0.4, 0.5) is 10.5 Å². The van der Waals surface area contributed by atoms with Crippen LogP contribution in [0.15, 0.2) is 48.5 Å².